The minimum absolute atomic E-state index is 0.00149. The minimum Gasteiger partial charge on any atom is -0.574 e. The average Bonchev–Trinajstić information content (AvgIpc) is 3.28. The molecule has 3 rings (SSSR count). The Hall–Kier alpha value is -3.26. The van der Waals surface area contributed by atoms with Crippen LogP contribution >= 0.6 is 19.9 Å². The minimum atomic E-state index is -2.70. The molecule has 2 aromatic rings. The van der Waals surface area contributed by atoms with E-state index in [4.69, 9.17) is 19.7 Å². The monoisotopic (exact) mass is 517 g/mol. The number of nitrogens with one attached hydrogen (secondary N) is 1. The highest BCUT2D eigenvalue weighted by Gasteiger charge is 2.24. The van der Waals surface area contributed by atoms with Crippen LogP contribution in [0.1, 0.15) is 6.92 Å². The van der Waals surface area contributed by atoms with E-state index >= 15 is 0 Å². The molecule has 2 heterocycles. The maximum atomic E-state index is 13.7. The number of methoxy groups -OCH3 is 1. The van der Waals surface area contributed by atoms with Crippen molar-refractivity contribution in [3.05, 3.63) is 51.9 Å². The van der Waals surface area contributed by atoms with Gasteiger partial charge in [0, 0.05) is 16.3 Å². The van der Waals surface area contributed by atoms with E-state index in [-0.39, 0.29) is 24.0 Å². The summed E-state index contributed by atoms with van der Waals surface area (Å²) in [5, 5.41) is 1.44. The Bertz CT molecular complexity index is 1200. The van der Waals surface area contributed by atoms with Crippen LogP contribution in [0.4, 0.5) is 14.6 Å². The summed E-state index contributed by atoms with van der Waals surface area (Å²) in [6.07, 6.45) is 0.841. The Kier molecular flexibility index (Phi) is 8.39. The summed E-state index contributed by atoms with van der Waals surface area (Å²) < 4.78 is 49.0. The number of nitrogens with zero attached hydrogens (tertiary/aromatic N) is 3. The van der Waals surface area contributed by atoms with Gasteiger partial charge in [0.25, 0.3) is 0 Å². The lowest BCUT2D eigenvalue weighted by Gasteiger charge is -2.15. The SMILES string of the molecule is COC(=O)[C@H](C)N/N=[P+](\[O-])Oc1ccc(F)cc1OC[C@H]1OC(n2cc(F)c(N)nc2=O)=CS1. The number of halogens is 2. The predicted octanol–water partition coefficient (Wildman–Crippen LogP) is 1.33. The first-order valence-corrected chi connectivity index (χ1v) is 11.4. The Morgan fingerprint density at radius 3 is 2.97 bits per heavy atom. The molecule has 16 heteroatoms. The van der Waals surface area contributed by atoms with Crippen molar-refractivity contribution < 1.29 is 37.2 Å². The molecule has 0 saturated heterocycles. The Morgan fingerprint density at radius 1 is 1.47 bits per heavy atom. The highest BCUT2D eigenvalue weighted by Crippen LogP contribution is 2.35. The van der Waals surface area contributed by atoms with Gasteiger partial charge in [0.2, 0.25) is 11.6 Å². The van der Waals surface area contributed by atoms with E-state index in [2.05, 4.69) is 20.0 Å². The topological polar surface area (TPSA) is 162 Å². The predicted molar refractivity (Wildman–Crippen MR) is 116 cm³/mol. The van der Waals surface area contributed by atoms with Crippen LogP contribution in [-0.4, -0.2) is 40.7 Å². The van der Waals surface area contributed by atoms with Crippen molar-refractivity contribution in [3.8, 4) is 11.5 Å². The molecular formula is C18H18F2N5O7PS. The molecule has 34 heavy (non-hydrogen) atoms. The van der Waals surface area contributed by atoms with Crippen LogP contribution in [0.3, 0.4) is 0 Å². The van der Waals surface area contributed by atoms with E-state index in [1.807, 2.05) is 0 Å². The van der Waals surface area contributed by atoms with Gasteiger partial charge in [0.05, 0.1) is 13.3 Å². The fraction of sp³-hybridized carbons (Fsp3) is 0.278. The van der Waals surface area contributed by atoms with Gasteiger partial charge in [-0.25, -0.2) is 18.1 Å². The molecule has 1 aliphatic rings. The van der Waals surface area contributed by atoms with Gasteiger partial charge in [-0.15, -0.1) is 0 Å². The van der Waals surface area contributed by atoms with Gasteiger partial charge in [-0.1, -0.05) is 11.8 Å². The van der Waals surface area contributed by atoms with Crippen LogP contribution in [0.5, 0.6) is 11.5 Å². The molecule has 1 aliphatic heterocycles. The van der Waals surface area contributed by atoms with Gasteiger partial charge in [-0.2, -0.15) is 10.4 Å². The zero-order valence-electron chi connectivity index (χ0n) is 17.6. The number of benzene rings is 1. The quantitative estimate of drug-likeness (QED) is 0.280. The molecule has 0 bridgehead atoms. The highest BCUT2D eigenvalue weighted by atomic mass is 32.2. The summed E-state index contributed by atoms with van der Waals surface area (Å²) in [6.45, 7) is 1.28. The van der Waals surface area contributed by atoms with E-state index in [0.29, 0.717) is 0 Å². The molecule has 1 aromatic carbocycles. The molecule has 1 aromatic heterocycles. The summed E-state index contributed by atoms with van der Waals surface area (Å²) in [4.78, 5) is 42.2. The number of carbonyl (C=O) groups is 1. The molecule has 182 valence electrons. The first-order chi connectivity index (χ1) is 16.2. The van der Waals surface area contributed by atoms with Crippen molar-refractivity contribution in [2.75, 3.05) is 19.5 Å². The third kappa shape index (κ3) is 6.41. The van der Waals surface area contributed by atoms with Crippen molar-refractivity contribution in [2.24, 2.45) is 4.85 Å². The fourth-order valence-corrected chi connectivity index (χ4v) is 3.78. The van der Waals surface area contributed by atoms with Crippen molar-refractivity contribution in [1.29, 1.82) is 0 Å². The molecule has 12 nitrogen and oxygen atoms in total. The Morgan fingerprint density at radius 2 is 2.24 bits per heavy atom. The number of ether oxygens (including phenoxy) is 3. The van der Waals surface area contributed by atoms with E-state index in [1.165, 1.54) is 25.5 Å². The molecule has 3 N–H and O–H groups in total. The summed E-state index contributed by atoms with van der Waals surface area (Å²) >= 11 is 1.11. The van der Waals surface area contributed by atoms with Crippen molar-refractivity contribution in [1.82, 2.24) is 15.0 Å². The molecule has 0 amide bonds. The summed E-state index contributed by atoms with van der Waals surface area (Å²) in [5.74, 6) is -2.90. The summed E-state index contributed by atoms with van der Waals surface area (Å²) in [7, 11) is -1.51. The zero-order chi connectivity index (χ0) is 24.8. The molecule has 0 fully saturated rings. The van der Waals surface area contributed by atoms with Crippen LogP contribution in [0.2, 0.25) is 0 Å². The van der Waals surface area contributed by atoms with Crippen LogP contribution < -0.4 is 31.0 Å². The van der Waals surface area contributed by atoms with Crippen molar-refractivity contribution >= 4 is 37.6 Å². The van der Waals surface area contributed by atoms with Gasteiger partial charge in [-0.05, 0) is 19.1 Å². The van der Waals surface area contributed by atoms with Gasteiger partial charge in [0.15, 0.2) is 22.8 Å². The molecule has 0 radical (unpaired) electrons. The molecule has 3 atom stereocenters. The van der Waals surface area contributed by atoms with Crippen LogP contribution in [0.15, 0.2) is 39.5 Å². The van der Waals surface area contributed by atoms with Crippen LogP contribution in [0.25, 0.3) is 5.88 Å². The summed E-state index contributed by atoms with van der Waals surface area (Å²) in [5.41, 5.74) is 6.05. The second-order valence-electron chi connectivity index (χ2n) is 6.47. The lowest BCUT2D eigenvalue weighted by Crippen LogP contribution is -2.31. The van der Waals surface area contributed by atoms with Crippen LogP contribution in [-0.2, 0) is 14.3 Å². The summed E-state index contributed by atoms with van der Waals surface area (Å²) in [6, 6.07) is 2.38. The number of hydrogen-bond acceptors (Lipinski definition) is 11. The zero-order valence-corrected chi connectivity index (χ0v) is 19.3. The second-order valence-corrected chi connectivity index (χ2v) is 8.36. The molecule has 0 aliphatic carbocycles. The largest absolute Gasteiger partial charge is 0.574 e. The Labute approximate surface area is 196 Å². The van der Waals surface area contributed by atoms with Gasteiger partial charge < -0.3 is 24.8 Å². The molecular weight excluding hydrogens is 499 g/mol. The molecule has 0 spiro atoms. The number of nitrogens with two attached hydrogens (primary N) is 1. The number of aromatic nitrogens is 2. The smallest absolute Gasteiger partial charge is 0.412 e. The van der Waals surface area contributed by atoms with E-state index in [1.54, 1.807) is 0 Å². The number of rotatable bonds is 9. The van der Waals surface area contributed by atoms with Gasteiger partial charge >= 0.3 is 19.8 Å². The van der Waals surface area contributed by atoms with Crippen molar-refractivity contribution in [2.45, 2.75) is 18.4 Å². The number of nitrogen functional groups attached to an aromatic ring is 1. The first kappa shape index (κ1) is 25.4. The van der Waals surface area contributed by atoms with Crippen LogP contribution in [0, 0.1) is 11.6 Å². The third-order valence-corrected chi connectivity index (χ3v) is 5.57. The van der Waals surface area contributed by atoms with E-state index in [0.717, 1.165) is 34.7 Å². The number of thioether (sulfide) groups is 1. The Balaban J connectivity index is 1.63. The van der Waals surface area contributed by atoms with Gasteiger partial charge in [-0.3, -0.25) is 9.32 Å². The lowest BCUT2D eigenvalue weighted by atomic mass is 10.3. The highest BCUT2D eigenvalue weighted by molar-refractivity contribution is 8.03. The third-order valence-electron chi connectivity index (χ3n) is 4.06. The normalized spacial score (nSPS) is 16.4. The maximum Gasteiger partial charge on any atom is 0.412 e. The first-order valence-electron chi connectivity index (χ1n) is 9.37. The average molecular weight is 517 g/mol. The number of hydrogen-bond donors (Lipinski definition) is 2. The lowest BCUT2D eigenvalue weighted by molar-refractivity contribution is -0.169. The van der Waals surface area contributed by atoms with Gasteiger partial charge in [0.1, 0.15) is 18.5 Å². The number of anilines is 1. The second kappa shape index (κ2) is 11.2. The standard InChI is InChI=1S/C18H18F2N5O7PS/c1-9(17(26)29-2)23-24-33(28)32-12-4-3-10(19)5-13(12)30-7-15-31-14(8-34-15)25-6-11(20)16(21)22-18(25)27/h3-6,8-9,15,23H,7H2,1-2H3,(H2,21,22,27)/t9-,15-/m0/s1. The maximum absolute atomic E-state index is 13.7. The molecule has 1 unspecified atom stereocenters. The van der Waals surface area contributed by atoms with E-state index in [9.17, 15) is 23.3 Å². The fourth-order valence-electron chi connectivity index (χ4n) is 2.41. The number of carbonyl (C=O) groups excluding carboxylic acids is 1. The van der Waals surface area contributed by atoms with E-state index < -0.39 is 48.8 Å². The van der Waals surface area contributed by atoms with Crippen molar-refractivity contribution in [3.63, 3.8) is 0 Å². The molecule has 0 saturated carbocycles. The number of esters is 1.